The average Bonchev–Trinajstić information content (AvgIpc) is 3.62. The maximum atomic E-state index is 11.6. The zero-order valence-electron chi connectivity index (χ0n) is 23.1. The minimum Gasteiger partial charge on any atom is -0.493 e. The van der Waals surface area contributed by atoms with E-state index in [4.69, 9.17) is 36.0 Å². The van der Waals surface area contributed by atoms with E-state index in [1.807, 2.05) is 36.2 Å². The molecule has 0 bridgehead atoms. The van der Waals surface area contributed by atoms with Crippen LogP contribution < -0.4 is 9.47 Å². The Morgan fingerprint density at radius 1 is 1.05 bits per heavy atom. The highest BCUT2D eigenvalue weighted by atomic mass is 35.5. The lowest BCUT2D eigenvalue weighted by Crippen LogP contribution is -2.08. The van der Waals surface area contributed by atoms with Crippen LogP contribution in [0.4, 0.5) is 0 Å². The van der Waals surface area contributed by atoms with E-state index in [-0.39, 0.29) is 16.5 Å². The molecule has 6 rings (SSSR count). The van der Waals surface area contributed by atoms with Gasteiger partial charge in [0.15, 0.2) is 17.3 Å². The average molecular weight is 611 g/mol. The van der Waals surface area contributed by atoms with Gasteiger partial charge in [-0.25, -0.2) is 4.98 Å². The van der Waals surface area contributed by atoms with E-state index in [2.05, 4.69) is 27.8 Å². The molecule has 0 saturated heterocycles. The van der Waals surface area contributed by atoms with Gasteiger partial charge in [0.1, 0.15) is 5.82 Å². The number of rotatable bonds is 10. The van der Waals surface area contributed by atoms with Gasteiger partial charge in [-0.2, -0.15) is 0 Å². The Kier molecular flexibility index (Phi) is 8.23. The summed E-state index contributed by atoms with van der Waals surface area (Å²) >= 11 is 10.1. The van der Waals surface area contributed by atoms with Gasteiger partial charge in [-0.15, -0.1) is 33.3 Å². The van der Waals surface area contributed by atoms with E-state index >= 15 is 0 Å². The summed E-state index contributed by atoms with van der Waals surface area (Å²) < 4.78 is 18.6. The highest BCUT2D eigenvalue weighted by Crippen LogP contribution is 2.55. The van der Waals surface area contributed by atoms with Crippen molar-refractivity contribution in [3.63, 3.8) is 0 Å². The number of aromatic nitrogens is 4. The predicted octanol–water partition coefficient (Wildman–Crippen LogP) is 6.89. The number of fused-ring (bicyclic) bond motifs is 3. The number of aryl methyl sites for hydroxylation is 2. The monoisotopic (exact) mass is 610 g/mol. The first kappa shape index (κ1) is 28.1. The number of hydrogen-bond donors (Lipinski definition) is 0. The molecule has 1 aliphatic heterocycles. The number of para-hydroxylation sites is 1. The number of hydrogen-bond acceptors (Lipinski definition) is 9. The Labute approximate surface area is 252 Å². The Balaban J connectivity index is 1.39. The van der Waals surface area contributed by atoms with Gasteiger partial charge in [-0.1, -0.05) is 23.7 Å². The molecule has 1 aliphatic carbocycles. The Morgan fingerprint density at radius 3 is 2.63 bits per heavy atom. The SMILES string of the molecule is COC(=O)CCc1cnc(CC[C@H]2S[C@H](c3cccc(OC)c3OC)c3cc(Cl)ccc3-n3c(C4CC4)nnc32)s1. The maximum Gasteiger partial charge on any atom is 0.305 e. The van der Waals surface area contributed by atoms with Crippen LogP contribution in [0.2, 0.25) is 5.02 Å². The zero-order chi connectivity index (χ0) is 28.5. The van der Waals surface area contributed by atoms with Crippen molar-refractivity contribution in [2.24, 2.45) is 0 Å². The quantitative estimate of drug-likeness (QED) is 0.179. The number of halogens is 1. The van der Waals surface area contributed by atoms with Crippen molar-refractivity contribution in [3.8, 4) is 17.2 Å². The molecule has 2 aromatic carbocycles. The minimum atomic E-state index is -0.209. The minimum absolute atomic E-state index is 0.0319. The second-order valence-corrected chi connectivity index (χ2v) is 13.1. The van der Waals surface area contributed by atoms with Crippen molar-refractivity contribution in [1.82, 2.24) is 19.7 Å². The van der Waals surface area contributed by atoms with E-state index in [9.17, 15) is 4.79 Å². The van der Waals surface area contributed by atoms with Crippen molar-refractivity contribution >= 4 is 40.7 Å². The zero-order valence-corrected chi connectivity index (χ0v) is 25.5. The van der Waals surface area contributed by atoms with Crippen LogP contribution in [0.1, 0.15) is 74.8 Å². The lowest BCUT2D eigenvalue weighted by atomic mass is 10.0. The fraction of sp³-hybridized carbons (Fsp3) is 0.400. The Bertz CT molecular complexity index is 1570. The van der Waals surface area contributed by atoms with Gasteiger partial charge in [0.05, 0.1) is 48.9 Å². The summed E-state index contributed by atoms with van der Waals surface area (Å²) in [7, 11) is 4.75. The van der Waals surface area contributed by atoms with E-state index in [1.54, 1.807) is 25.6 Å². The molecule has 0 spiro atoms. The molecular weight excluding hydrogens is 580 g/mol. The van der Waals surface area contributed by atoms with E-state index in [0.717, 1.165) is 64.0 Å². The van der Waals surface area contributed by atoms with Gasteiger partial charge in [0, 0.05) is 34.0 Å². The van der Waals surface area contributed by atoms with Gasteiger partial charge in [-0.3, -0.25) is 9.36 Å². The lowest BCUT2D eigenvalue weighted by Gasteiger charge is -2.24. The second-order valence-electron chi connectivity index (χ2n) is 10.2. The Hall–Kier alpha value is -3.08. The normalized spacial score (nSPS) is 17.9. The number of methoxy groups -OCH3 is 3. The predicted molar refractivity (Wildman–Crippen MR) is 161 cm³/mol. The topological polar surface area (TPSA) is 88.4 Å². The molecule has 0 radical (unpaired) electrons. The Morgan fingerprint density at radius 2 is 1.88 bits per heavy atom. The van der Waals surface area contributed by atoms with Crippen LogP contribution >= 0.6 is 34.7 Å². The van der Waals surface area contributed by atoms with Gasteiger partial charge >= 0.3 is 5.97 Å². The van der Waals surface area contributed by atoms with Crippen molar-refractivity contribution in [2.75, 3.05) is 21.3 Å². The summed E-state index contributed by atoms with van der Waals surface area (Å²) in [5, 5.41) is 11.2. The molecule has 2 aromatic heterocycles. The maximum absolute atomic E-state index is 11.6. The summed E-state index contributed by atoms with van der Waals surface area (Å²) in [5.41, 5.74) is 3.18. The number of benzene rings is 2. The summed E-state index contributed by atoms with van der Waals surface area (Å²) in [6.07, 6.45) is 6.72. The molecule has 2 atom stereocenters. The number of carbonyl (C=O) groups is 1. The van der Waals surface area contributed by atoms with Crippen LogP contribution in [0.25, 0.3) is 5.69 Å². The second kappa shape index (κ2) is 12.0. The number of nitrogens with zero attached hydrogens (tertiary/aromatic N) is 4. The number of carbonyl (C=O) groups excluding carboxylic acids is 1. The first-order valence-corrected chi connectivity index (χ1v) is 15.8. The molecule has 0 N–H and O–H groups in total. The standard InChI is InChI=1S/C30H31ClN4O4S2/c1-37-23-6-4-5-20(27(23)39-3)28-21-15-18(31)9-11-22(21)35-29(17-7-8-17)33-34-30(35)24(41-28)12-13-25-32-16-19(40-25)10-14-26(36)38-2/h4-6,9,11,15-17,24,28H,7-8,10,12-14H2,1-3H3/t24-,28-/m1/s1. The summed E-state index contributed by atoms with van der Waals surface area (Å²) in [6.45, 7) is 0. The van der Waals surface area contributed by atoms with Crippen LogP contribution in [0.3, 0.4) is 0 Å². The summed E-state index contributed by atoms with van der Waals surface area (Å²) in [4.78, 5) is 17.3. The first-order valence-electron chi connectivity index (χ1n) is 13.6. The highest BCUT2D eigenvalue weighted by molar-refractivity contribution is 8.00. The van der Waals surface area contributed by atoms with Crippen molar-refractivity contribution in [3.05, 3.63) is 80.3 Å². The van der Waals surface area contributed by atoms with Crippen LogP contribution in [-0.4, -0.2) is 47.0 Å². The fourth-order valence-electron chi connectivity index (χ4n) is 5.33. The summed E-state index contributed by atoms with van der Waals surface area (Å²) in [6, 6.07) is 12.1. The molecule has 214 valence electrons. The molecule has 2 aliphatic rings. The molecule has 1 saturated carbocycles. The van der Waals surface area contributed by atoms with E-state index < -0.39 is 0 Å². The van der Waals surface area contributed by atoms with E-state index in [1.165, 1.54) is 7.11 Å². The van der Waals surface area contributed by atoms with Crippen molar-refractivity contribution in [1.29, 1.82) is 0 Å². The smallest absolute Gasteiger partial charge is 0.305 e. The van der Waals surface area contributed by atoms with Crippen molar-refractivity contribution in [2.45, 2.75) is 54.9 Å². The molecule has 0 unspecified atom stereocenters. The lowest BCUT2D eigenvalue weighted by molar-refractivity contribution is -0.140. The molecule has 4 aromatic rings. The molecule has 1 fully saturated rings. The van der Waals surface area contributed by atoms with Gasteiger partial charge in [-0.05, 0) is 55.5 Å². The first-order chi connectivity index (χ1) is 20.0. The molecular formula is C30H31ClN4O4S2. The highest BCUT2D eigenvalue weighted by Gasteiger charge is 2.38. The number of ether oxygens (including phenoxy) is 3. The van der Waals surface area contributed by atoms with E-state index in [0.29, 0.717) is 35.3 Å². The van der Waals surface area contributed by atoms with Crippen LogP contribution in [-0.2, 0) is 22.4 Å². The molecule has 0 amide bonds. The largest absolute Gasteiger partial charge is 0.493 e. The van der Waals surface area contributed by atoms with Crippen LogP contribution in [0.15, 0.2) is 42.6 Å². The fourth-order valence-corrected chi connectivity index (χ4v) is 7.97. The van der Waals surface area contributed by atoms with Crippen molar-refractivity contribution < 1.29 is 19.0 Å². The number of thiazole rings is 1. The third-order valence-corrected chi connectivity index (χ3v) is 10.4. The van der Waals surface area contributed by atoms with Crippen LogP contribution in [0, 0.1) is 0 Å². The summed E-state index contributed by atoms with van der Waals surface area (Å²) in [5.74, 6) is 3.59. The number of esters is 1. The van der Waals surface area contributed by atoms with Gasteiger partial charge < -0.3 is 14.2 Å². The van der Waals surface area contributed by atoms with Gasteiger partial charge in [0.2, 0.25) is 0 Å². The molecule has 41 heavy (non-hydrogen) atoms. The molecule has 3 heterocycles. The molecule has 11 heteroatoms. The van der Waals surface area contributed by atoms with Gasteiger partial charge in [0.25, 0.3) is 0 Å². The van der Waals surface area contributed by atoms with Crippen LogP contribution in [0.5, 0.6) is 11.5 Å². The molecule has 8 nitrogen and oxygen atoms in total. The third-order valence-electron chi connectivity index (χ3n) is 7.50. The third kappa shape index (κ3) is 5.69. The number of thioether (sulfide) groups is 1.